The molecule has 0 aliphatic heterocycles. The van der Waals surface area contributed by atoms with Crippen LogP contribution in [0.3, 0.4) is 0 Å². The van der Waals surface area contributed by atoms with Crippen molar-refractivity contribution >= 4 is 32.8 Å². The SMILES string of the molecule is COc1cc(-c2nc(-c3nc4ccccc4[nH]3)cc3c2[nH]c2ccccc23)cc(OC)c1OC. The Labute approximate surface area is 195 Å². The molecule has 3 aromatic heterocycles. The first-order valence-corrected chi connectivity index (χ1v) is 10.9. The van der Waals surface area contributed by atoms with Crippen LogP contribution in [-0.4, -0.2) is 41.3 Å². The monoisotopic (exact) mass is 450 g/mol. The van der Waals surface area contributed by atoms with Crippen LogP contribution < -0.4 is 14.2 Å². The van der Waals surface area contributed by atoms with E-state index >= 15 is 0 Å². The van der Waals surface area contributed by atoms with E-state index < -0.39 is 0 Å². The average Bonchev–Trinajstić information content (AvgIpc) is 3.48. The fraction of sp³-hybridized carbons (Fsp3) is 0.111. The van der Waals surface area contributed by atoms with Crippen molar-refractivity contribution in [2.24, 2.45) is 0 Å². The summed E-state index contributed by atoms with van der Waals surface area (Å²) in [6, 6.07) is 22.1. The van der Waals surface area contributed by atoms with Gasteiger partial charge in [0.1, 0.15) is 5.69 Å². The summed E-state index contributed by atoms with van der Waals surface area (Å²) in [5.41, 5.74) is 6.18. The molecule has 0 amide bonds. The van der Waals surface area contributed by atoms with E-state index in [1.165, 1.54) is 0 Å². The van der Waals surface area contributed by atoms with Gasteiger partial charge >= 0.3 is 0 Å². The van der Waals surface area contributed by atoms with Crippen molar-refractivity contribution in [3.63, 3.8) is 0 Å². The fourth-order valence-electron chi connectivity index (χ4n) is 4.47. The number of hydrogen-bond donors (Lipinski definition) is 2. The Morgan fingerprint density at radius 3 is 2.09 bits per heavy atom. The van der Waals surface area contributed by atoms with Crippen molar-refractivity contribution in [2.45, 2.75) is 0 Å². The second-order valence-corrected chi connectivity index (χ2v) is 7.97. The molecule has 0 bridgehead atoms. The summed E-state index contributed by atoms with van der Waals surface area (Å²) < 4.78 is 16.7. The first-order chi connectivity index (χ1) is 16.7. The summed E-state index contributed by atoms with van der Waals surface area (Å²) >= 11 is 0. The molecule has 3 aromatic carbocycles. The highest BCUT2D eigenvalue weighted by Gasteiger charge is 2.20. The highest BCUT2D eigenvalue weighted by Crippen LogP contribution is 2.43. The summed E-state index contributed by atoms with van der Waals surface area (Å²) in [7, 11) is 4.81. The number of rotatable bonds is 5. The lowest BCUT2D eigenvalue weighted by molar-refractivity contribution is 0.324. The number of fused-ring (bicyclic) bond motifs is 4. The smallest absolute Gasteiger partial charge is 0.203 e. The molecule has 168 valence electrons. The zero-order chi connectivity index (χ0) is 23.2. The van der Waals surface area contributed by atoms with Crippen LogP contribution in [-0.2, 0) is 0 Å². The van der Waals surface area contributed by atoms with Crippen LogP contribution in [0.5, 0.6) is 17.2 Å². The van der Waals surface area contributed by atoms with E-state index in [9.17, 15) is 0 Å². The van der Waals surface area contributed by atoms with Crippen LogP contribution >= 0.6 is 0 Å². The molecule has 7 heteroatoms. The van der Waals surface area contributed by atoms with Crippen LogP contribution in [0.4, 0.5) is 0 Å². The van der Waals surface area contributed by atoms with E-state index in [0.29, 0.717) is 23.1 Å². The Kier molecular flexibility index (Phi) is 4.62. The van der Waals surface area contributed by atoms with Crippen LogP contribution in [0.1, 0.15) is 0 Å². The largest absolute Gasteiger partial charge is 0.493 e. The maximum Gasteiger partial charge on any atom is 0.203 e. The Balaban J connectivity index is 1.68. The Morgan fingerprint density at radius 1 is 0.676 bits per heavy atom. The standard InChI is InChI=1S/C27H22N4O3/c1-32-22-12-15(13-23(33-2)26(22)34-3)24-25-17(16-8-4-5-9-18(16)28-25)14-21(29-24)27-30-19-10-6-7-11-20(19)31-27/h4-14,28H,1-3H3,(H,30,31). The Bertz CT molecular complexity index is 1620. The number of methoxy groups -OCH3 is 3. The fourth-order valence-corrected chi connectivity index (χ4v) is 4.47. The third-order valence-electron chi connectivity index (χ3n) is 6.07. The molecular weight excluding hydrogens is 428 g/mol. The van der Waals surface area contributed by atoms with E-state index in [-0.39, 0.29) is 0 Å². The molecule has 34 heavy (non-hydrogen) atoms. The lowest BCUT2D eigenvalue weighted by Gasteiger charge is -2.14. The van der Waals surface area contributed by atoms with Crippen molar-refractivity contribution in [1.82, 2.24) is 19.9 Å². The van der Waals surface area contributed by atoms with Gasteiger partial charge in [-0.3, -0.25) is 0 Å². The summed E-state index contributed by atoms with van der Waals surface area (Å²) in [4.78, 5) is 16.8. The van der Waals surface area contributed by atoms with E-state index in [0.717, 1.165) is 49.8 Å². The number of benzene rings is 3. The summed E-state index contributed by atoms with van der Waals surface area (Å²) in [5, 5.41) is 2.18. The molecule has 0 saturated heterocycles. The number of pyridine rings is 1. The van der Waals surface area contributed by atoms with Crippen molar-refractivity contribution in [3.8, 4) is 40.0 Å². The number of aromatic amines is 2. The highest BCUT2D eigenvalue weighted by atomic mass is 16.5. The van der Waals surface area contributed by atoms with E-state index in [4.69, 9.17) is 24.2 Å². The molecular formula is C27H22N4O3. The molecule has 6 aromatic rings. The van der Waals surface area contributed by atoms with Gasteiger partial charge in [0.25, 0.3) is 0 Å². The highest BCUT2D eigenvalue weighted by molar-refractivity contribution is 6.12. The van der Waals surface area contributed by atoms with Crippen molar-refractivity contribution < 1.29 is 14.2 Å². The van der Waals surface area contributed by atoms with Gasteiger partial charge in [-0.25, -0.2) is 9.97 Å². The molecule has 7 nitrogen and oxygen atoms in total. The number of nitrogens with zero attached hydrogens (tertiary/aromatic N) is 2. The van der Waals surface area contributed by atoms with Crippen LogP contribution in [0.2, 0.25) is 0 Å². The minimum atomic E-state index is 0.537. The second-order valence-electron chi connectivity index (χ2n) is 7.97. The molecule has 0 fully saturated rings. The van der Waals surface area contributed by atoms with Crippen molar-refractivity contribution in [3.05, 3.63) is 66.7 Å². The zero-order valence-corrected chi connectivity index (χ0v) is 19.0. The predicted octanol–water partition coefficient (Wildman–Crippen LogP) is 5.95. The Hall–Kier alpha value is -4.52. The number of imidazole rings is 1. The number of hydrogen-bond acceptors (Lipinski definition) is 5. The van der Waals surface area contributed by atoms with Gasteiger partial charge in [-0.2, -0.15) is 0 Å². The summed E-state index contributed by atoms with van der Waals surface area (Å²) in [5.74, 6) is 2.38. The molecule has 0 saturated carbocycles. The van der Waals surface area contributed by atoms with E-state index in [2.05, 4.69) is 28.2 Å². The predicted molar refractivity (Wildman–Crippen MR) is 134 cm³/mol. The number of para-hydroxylation sites is 3. The topological polar surface area (TPSA) is 85.1 Å². The molecule has 6 rings (SSSR count). The van der Waals surface area contributed by atoms with Gasteiger partial charge in [0.2, 0.25) is 5.75 Å². The normalized spacial score (nSPS) is 11.4. The molecule has 0 radical (unpaired) electrons. The summed E-state index contributed by atoms with van der Waals surface area (Å²) in [6.45, 7) is 0. The van der Waals surface area contributed by atoms with Crippen molar-refractivity contribution in [2.75, 3.05) is 21.3 Å². The zero-order valence-electron chi connectivity index (χ0n) is 19.0. The lowest BCUT2D eigenvalue weighted by Crippen LogP contribution is -1.97. The third kappa shape index (κ3) is 3.05. The Morgan fingerprint density at radius 2 is 1.38 bits per heavy atom. The van der Waals surface area contributed by atoms with Gasteiger partial charge in [0.15, 0.2) is 17.3 Å². The van der Waals surface area contributed by atoms with Gasteiger partial charge < -0.3 is 24.2 Å². The van der Waals surface area contributed by atoms with Gasteiger partial charge in [-0.1, -0.05) is 30.3 Å². The first kappa shape index (κ1) is 20.1. The van der Waals surface area contributed by atoms with E-state index in [1.54, 1.807) is 21.3 Å². The van der Waals surface area contributed by atoms with E-state index in [1.807, 2.05) is 48.5 Å². The first-order valence-electron chi connectivity index (χ1n) is 10.9. The van der Waals surface area contributed by atoms with Crippen LogP contribution in [0, 0.1) is 0 Å². The maximum atomic E-state index is 5.61. The number of H-pyrrole nitrogens is 2. The van der Waals surface area contributed by atoms with Gasteiger partial charge in [-0.05, 0) is 36.4 Å². The quantitative estimate of drug-likeness (QED) is 0.339. The third-order valence-corrected chi connectivity index (χ3v) is 6.07. The molecule has 0 aliphatic rings. The molecule has 2 N–H and O–H groups in total. The van der Waals surface area contributed by atoms with Gasteiger partial charge in [-0.15, -0.1) is 0 Å². The minimum absolute atomic E-state index is 0.537. The minimum Gasteiger partial charge on any atom is -0.493 e. The number of nitrogens with one attached hydrogen (secondary N) is 2. The molecule has 0 atom stereocenters. The maximum absolute atomic E-state index is 5.61. The number of ether oxygens (including phenoxy) is 3. The molecule has 0 aliphatic carbocycles. The summed E-state index contributed by atoms with van der Waals surface area (Å²) in [6.07, 6.45) is 0. The lowest BCUT2D eigenvalue weighted by atomic mass is 10.0. The number of aromatic nitrogens is 4. The molecule has 0 spiro atoms. The van der Waals surface area contributed by atoms with Crippen LogP contribution in [0.15, 0.2) is 66.7 Å². The van der Waals surface area contributed by atoms with Gasteiger partial charge in [0, 0.05) is 21.9 Å². The van der Waals surface area contributed by atoms with Crippen LogP contribution in [0.25, 0.3) is 55.6 Å². The average molecular weight is 450 g/mol. The molecule has 0 unspecified atom stereocenters. The van der Waals surface area contributed by atoms with Crippen molar-refractivity contribution in [1.29, 1.82) is 0 Å². The van der Waals surface area contributed by atoms with Gasteiger partial charge in [0.05, 0.1) is 43.6 Å². The second kappa shape index (κ2) is 7.81. The molecule has 3 heterocycles.